The maximum atomic E-state index is 12.4. The fourth-order valence-electron chi connectivity index (χ4n) is 3.32. The van der Waals surface area contributed by atoms with E-state index in [1.54, 1.807) is 11.3 Å². The van der Waals surface area contributed by atoms with E-state index in [2.05, 4.69) is 9.97 Å². The van der Waals surface area contributed by atoms with Crippen LogP contribution >= 0.6 is 23.1 Å². The Hall–Kier alpha value is -2.12. The van der Waals surface area contributed by atoms with E-state index in [4.69, 9.17) is 4.74 Å². The summed E-state index contributed by atoms with van der Waals surface area (Å²) in [6, 6.07) is 9.94. The molecule has 7 heteroatoms. The predicted octanol–water partition coefficient (Wildman–Crippen LogP) is 3.49. The highest BCUT2D eigenvalue weighted by Gasteiger charge is 2.21. The molecule has 1 N–H and O–H groups in total. The Balaban J connectivity index is 1.27. The maximum absolute atomic E-state index is 12.4. The number of fused-ring (bicyclic) bond motifs is 3. The van der Waals surface area contributed by atoms with E-state index in [9.17, 15) is 9.59 Å². The normalized spacial score (nSPS) is 13.0. The van der Waals surface area contributed by atoms with Crippen molar-refractivity contribution in [3.05, 3.63) is 62.5 Å². The van der Waals surface area contributed by atoms with Gasteiger partial charge >= 0.3 is 5.97 Å². The van der Waals surface area contributed by atoms with Crippen LogP contribution in [0.5, 0.6) is 0 Å². The van der Waals surface area contributed by atoms with Crippen molar-refractivity contribution >= 4 is 39.3 Å². The second-order valence-electron chi connectivity index (χ2n) is 6.50. The molecule has 2 aromatic heterocycles. The SMILES string of the molecule is O=C(CSCc1nc2sc3c(c2c(=O)[nH]1)CCC3)OCCc1ccccc1. The summed E-state index contributed by atoms with van der Waals surface area (Å²) in [6.45, 7) is 0.380. The Morgan fingerprint density at radius 3 is 2.96 bits per heavy atom. The highest BCUT2D eigenvalue weighted by atomic mass is 32.2. The van der Waals surface area contributed by atoms with Crippen molar-refractivity contribution < 1.29 is 9.53 Å². The van der Waals surface area contributed by atoms with Crippen LogP contribution in [0.4, 0.5) is 0 Å². The van der Waals surface area contributed by atoms with E-state index in [-0.39, 0.29) is 17.3 Å². The van der Waals surface area contributed by atoms with Gasteiger partial charge in [-0.25, -0.2) is 4.98 Å². The second-order valence-corrected chi connectivity index (χ2v) is 8.57. The molecule has 0 spiro atoms. The van der Waals surface area contributed by atoms with Gasteiger partial charge in [0.05, 0.1) is 23.5 Å². The highest BCUT2D eigenvalue weighted by Crippen LogP contribution is 2.34. The molecular weight excluding hydrogens is 380 g/mol. The molecule has 27 heavy (non-hydrogen) atoms. The lowest BCUT2D eigenvalue weighted by atomic mass is 10.2. The lowest BCUT2D eigenvalue weighted by molar-refractivity contribution is -0.140. The molecule has 5 nitrogen and oxygen atoms in total. The first-order valence-electron chi connectivity index (χ1n) is 9.01. The first-order chi connectivity index (χ1) is 13.2. The Morgan fingerprint density at radius 2 is 2.11 bits per heavy atom. The Kier molecular flexibility index (Phi) is 5.59. The van der Waals surface area contributed by atoms with Crippen molar-refractivity contribution in [3.8, 4) is 0 Å². The van der Waals surface area contributed by atoms with Crippen LogP contribution in [0.15, 0.2) is 35.1 Å². The van der Waals surface area contributed by atoms with Crippen LogP contribution < -0.4 is 5.56 Å². The molecule has 0 unspecified atom stereocenters. The van der Waals surface area contributed by atoms with Crippen LogP contribution in [0, 0.1) is 0 Å². The third-order valence-corrected chi connectivity index (χ3v) is 6.68. The van der Waals surface area contributed by atoms with Crippen molar-refractivity contribution in [1.82, 2.24) is 9.97 Å². The number of aromatic amines is 1. The van der Waals surface area contributed by atoms with Gasteiger partial charge < -0.3 is 9.72 Å². The monoisotopic (exact) mass is 400 g/mol. The van der Waals surface area contributed by atoms with E-state index in [1.165, 1.54) is 22.2 Å². The molecular formula is C20H20N2O3S2. The molecule has 0 fully saturated rings. The second kappa shape index (κ2) is 8.27. The quantitative estimate of drug-likeness (QED) is 0.615. The number of thiophene rings is 1. The molecule has 2 heterocycles. The molecule has 1 aliphatic rings. The molecule has 0 amide bonds. The van der Waals surface area contributed by atoms with Crippen molar-refractivity contribution in [2.75, 3.05) is 12.4 Å². The van der Waals surface area contributed by atoms with Crippen LogP contribution in [-0.4, -0.2) is 28.3 Å². The van der Waals surface area contributed by atoms with Gasteiger partial charge in [0, 0.05) is 11.3 Å². The van der Waals surface area contributed by atoms with E-state index in [1.807, 2.05) is 30.3 Å². The Bertz CT molecular complexity index is 1010. The minimum Gasteiger partial charge on any atom is -0.465 e. The third kappa shape index (κ3) is 4.25. The molecule has 0 saturated carbocycles. The topological polar surface area (TPSA) is 72.0 Å². The number of aromatic nitrogens is 2. The van der Waals surface area contributed by atoms with Crippen molar-refractivity contribution in [3.63, 3.8) is 0 Å². The predicted molar refractivity (Wildman–Crippen MR) is 110 cm³/mol. The maximum Gasteiger partial charge on any atom is 0.315 e. The fourth-order valence-corrected chi connectivity index (χ4v) is 5.28. The van der Waals surface area contributed by atoms with Crippen LogP contribution in [0.3, 0.4) is 0 Å². The molecule has 1 aromatic carbocycles. The summed E-state index contributed by atoms with van der Waals surface area (Å²) in [5.74, 6) is 1.11. The zero-order chi connectivity index (χ0) is 18.6. The molecule has 140 valence electrons. The summed E-state index contributed by atoms with van der Waals surface area (Å²) in [6.07, 6.45) is 3.87. The molecule has 1 aliphatic carbocycles. The van der Waals surface area contributed by atoms with E-state index >= 15 is 0 Å². The van der Waals surface area contributed by atoms with E-state index < -0.39 is 0 Å². The van der Waals surface area contributed by atoms with E-state index in [0.717, 1.165) is 35.0 Å². The molecule has 0 radical (unpaired) electrons. The minimum atomic E-state index is -0.241. The number of nitrogens with one attached hydrogen (secondary N) is 1. The molecule has 0 saturated heterocycles. The molecule has 0 atom stereocenters. The Morgan fingerprint density at radius 1 is 1.26 bits per heavy atom. The van der Waals surface area contributed by atoms with Crippen molar-refractivity contribution in [2.45, 2.75) is 31.4 Å². The lowest BCUT2D eigenvalue weighted by Gasteiger charge is -2.05. The average Bonchev–Trinajstić information content (AvgIpc) is 3.23. The van der Waals surface area contributed by atoms with Crippen LogP contribution in [0.2, 0.25) is 0 Å². The third-order valence-electron chi connectivity index (χ3n) is 4.58. The number of benzene rings is 1. The van der Waals surface area contributed by atoms with Gasteiger partial charge in [0.2, 0.25) is 0 Å². The number of H-pyrrole nitrogens is 1. The van der Waals surface area contributed by atoms with Gasteiger partial charge in [0.25, 0.3) is 5.56 Å². The summed E-state index contributed by atoms with van der Waals surface area (Å²) in [7, 11) is 0. The summed E-state index contributed by atoms with van der Waals surface area (Å²) in [4.78, 5) is 33.9. The van der Waals surface area contributed by atoms with Gasteiger partial charge in [-0.05, 0) is 30.4 Å². The first-order valence-corrected chi connectivity index (χ1v) is 11.0. The molecule has 0 bridgehead atoms. The highest BCUT2D eigenvalue weighted by molar-refractivity contribution is 7.99. The summed E-state index contributed by atoms with van der Waals surface area (Å²) < 4.78 is 5.27. The summed E-state index contributed by atoms with van der Waals surface area (Å²) >= 11 is 3.04. The number of hydrogen-bond donors (Lipinski definition) is 1. The number of esters is 1. The first kappa shape index (κ1) is 18.3. The standard InChI is InChI=1S/C20H20N2O3S2/c23-17(25-10-9-13-5-2-1-3-6-13)12-26-11-16-21-19(24)18-14-7-4-8-15(14)27-20(18)22-16/h1-3,5-6H,4,7-12H2,(H,21,22,24). The lowest BCUT2D eigenvalue weighted by Crippen LogP contribution is -2.13. The van der Waals surface area contributed by atoms with E-state index in [0.29, 0.717) is 24.6 Å². The summed E-state index contributed by atoms with van der Waals surface area (Å²) in [5.41, 5.74) is 2.28. The van der Waals surface area contributed by atoms with Crippen LogP contribution in [0.25, 0.3) is 10.2 Å². The number of carbonyl (C=O) groups is 1. The van der Waals surface area contributed by atoms with Crippen LogP contribution in [-0.2, 0) is 34.5 Å². The largest absolute Gasteiger partial charge is 0.465 e. The van der Waals surface area contributed by atoms with Gasteiger partial charge in [-0.15, -0.1) is 23.1 Å². The smallest absolute Gasteiger partial charge is 0.315 e. The van der Waals surface area contributed by atoms with Gasteiger partial charge in [-0.3, -0.25) is 9.59 Å². The zero-order valence-corrected chi connectivity index (χ0v) is 16.5. The average molecular weight is 401 g/mol. The number of rotatable bonds is 7. The van der Waals surface area contributed by atoms with Gasteiger partial charge in [-0.2, -0.15) is 0 Å². The van der Waals surface area contributed by atoms with Gasteiger partial charge in [0.15, 0.2) is 0 Å². The van der Waals surface area contributed by atoms with Crippen LogP contribution in [0.1, 0.15) is 28.2 Å². The number of hydrogen-bond acceptors (Lipinski definition) is 6. The van der Waals surface area contributed by atoms with Crippen molar-refractivity contribution in [1.29, 1.82) is 0 Å². The number of aryl methyl sites for hydroxylation is 2. The minimum absolute atomic E-state index is 0.0552. The zero-order valence-electron chi connectivity index (χ0n) is 14.8. The number of thioether (sulfide) groups is 1. The van der Waals surface area contributed by atoms with Crippen molar-refractivity contribution in [2.24, 2.45) is 0 Å². The molecule has 4 rings (SSSR count). The Labute approximate surface area is 165 Å². The summed E-state index contributed by atoms with van der Waals surface area (Å²) in [5, 5.41) is 0.765. The number of nitrogens with zero attached hydrogens (tertiary/aromatic N) is 1. The fraction of sp³-hybridized carbons (Fsp3) is 0.350. The number of ether oxygens (including phenoxy) is 1. The number of carbonyl (C=O) groups excluding carboxylic acids is 1. The molecule has 0 aliphatic heterocycles. The van der Waals surface area contributed by atoms with Gasteiger partial charge in [0.1, 0.15) is 10.7 Å². The molecule has 3 aromatic rings. The van der Waals surface area contributed by atoms with Gasteiger partial charge in [-0.1, -0.05) is 30.3 Å².